The predicted molar refractivity (Wildman–Crippen MR) is 102 cm³/mol. The van der Waals surface area contributed by atoms with Gasteiger partial charge in [-0.25, -0.2) is 4.39 Å². The molecule has 0 bridgehead atoms. The topological polar surface area (TPSA) is 110 Å². The van der Waals surface area contributed by atoms with Gasteiger partial charge in [-0.05, 0) is 38.8 Å². The van der Waals surface area contributed by atoms with E-state index in [1.807, 2.05) is 0 Å². The smallest absolute Gasteiger partial charge is 0.312 e. The number of nitrogens with one attached hydrogen (secondary N) is 1. The number of hydrogen-bond acceptors (Lipinski definition) is 5. The van der Waals surface area contributed by atoms with E-state index < -0.39 is 10.7 Å². The van der Waals surface area contributed by atoms with Gasteiger partial charge < -0.3 is 10.2 Å². The molecule has 9 nitrogen and oxygen atoms in total. The molecule has 1 saturated heterocycles. The van der Waals surface area contributed by atoms with E-state index in [9.17, 15) is 24.1 Å². The molecule has 2 amide bonds. The van der Waals surface area contributed by atoms with E-state index in [1.54, 1.807) is 17.9 Å². The number of halogens is 1. The minimum atomic E-state index is -0.549. The molecule has 1 aliphatic rings. The average Bonchev–Trinajstić information content (AvgIpc) is 2.95. The summed E-state index contributed by atoms with van der Waals surface area (Å²) in [5.41, 5.74) is 0.548. The van der Waals surface area contributed by atoms with Crippen LogP contribution in [0.1, 0.15) is 34.6 Å². The molecule has 1 aliphatic heterocycles. The Kier molecular flexibility index (Phi) is 5.90. The molecule has 1 fully saturated rings. The van der Waals surface area contributed by atoms with Gasteiger partial charge in [-0.15, -0.1) is 0 Å². The minimum absolute atomic E-state index is 0.0427. The van der Waals surface area contributed by atoms with Crippen molar-refractivity contribution in [1.29, 1.82) is 0 Å². The highest BCUT2D eigenvalue weighted by molar-refractivity contribution is 5.94. The molecule has 0 aliphatic carbocycles. The van der Waals surface area contributed by atoms with E-state index >= 15 is 0 Å². The lowest BCUT2D eigenvalue weighted by Gasteiger charge is -2.32. The Balaban J connectivity index is 1.54. The number of nitro groups is 1. The van der Waals surface area contributed by atoms with Gasteiger partial charge in [0.05, 0.1) is 10.5 Å². The highest BCUT2D eigenvalue weighted by Gasteiger charge is 2.27. The zero-order valence-corrected chi connectivity index (χ0v) is 16.2. The van der Waals surface area contributed by atoms with Crippen LogP contribution in [0.25, 0.3) is 0 Å². The average molecular weight is 403 g/mol. The van der Waals surface area contributed by atoms with Crippen molar-refractivity contribution < 1.29 is 18.9 Å². The van der Waals surface area contributed by atoms with Crippen LogP contribution in [0.5, 0.6) is 0 Å². The maximum absolute atomic E-state index is 13.8. The molecule has 0 radical (unpaired) electrons. The van der Waals surface area contributed by atoms with Crippen molar-refractivity contribution in [3.05, 3.63) is 57.1 Å². The molecule has 1 N–H and O–H groups in total. The molecule has 0 saturated carbocycles. The fraction of sp³-hybridized carbons (Fsp3) is 0.421. The van der Waals surface area contributed by atoms with Crippen molar-refractivity contribution in [1.82, 2.24) is 20.0 Å². The molecular formula is C19H22FN5O4. The Morgan fingerprint density at radius 2 is 1.93 bits per heavy atom. The summed E-state index contributed by atoms with van der Waals surface area (Å²) < 4.78 is 15.1. The zero-order valence-electron chi connectivity index (χ0n) is 16.2. The highest BCUT2D eigenvalue weighted by atomic mass is 19.1. The summed E-state index contributed by atoms with van der Waals surface area (Å²) in [6, 6.07) is 5.74. The van der Waals surface area contributed by atoms with Crippen LogP contribution in [0, 0.1) is 29.8 Å². The summed E-state index contributed by atoms with van der Waals surface area (Å²) in [5.74, 6) is -1.21. The maximum Gasteiger partial charge on any atom is 0.312 e. The molecule has 29 heavy (non-hydrogen) atoms. The van der Waals surface area contributed by atoms with Gasteiger partial charge in [0.1, 0.15) is 23.7 Å². The number of piperidine rings is 1. The third-order valence-corrected chi connectivity index (χ3v) is 5.07. The van der Waals surface area contributed by atoms with Crippen molar-refractivity contribution in [2.75, 3.05) is 13.1 Å². The zero-order chi connectivity index (χ0) is 21.1. The van der Waals surface area contributed by atoms with Crippen molar-refractivity contribution in [3.63, 3.8) is 0 Å². The van der Waals surface area contributed by atoms with Crippen LogP contribution >= 0.6 is 0 Å². The number of aryl methyl sites for hydroxylation is 1. The Morgan fingerprint density at radius 3 is 2.52 bits per heavy atom. The molecule has 154 valence electrons. The molecular weight excluding hydrogens is 381 g/mol. The van der Waals surface area contributed by atoms with Crippen LogP contribution < -0.4 is 5.32 Å². The number of likely N-dealkylation sites (tertiary alicyclic amines) is 1. The quantitative estimate of drug-likeness (QED) is 0.606. The summed E-state index contributed by atoms with van der Waals surface area (Å²) in [5, 5.41) is 18.0. The van der Waals surface area contributed by atoms with Crippen LogP contribution in [0.3, 0.4) is 0 Å². The number of carbonyl (C=O) groups excluding carboxylic acids is 2. The Bertz CT molecular complexity index is 950. The first kappa shape index (κ1) is 20.4. The van der Waals surface area contributed by atoms with Gasteiger partial charge in [-0.2, -0.15) is 5.10 Å². The van der Waals surface area contributed by atoms with E-state index in [-0.39, 0.29) is 41.3 Å². The Hall–Kier alpha value is -3.30. The van der Waals surface area contributed by atoms with Crippen LogP contribution in [-0.4, -0.2) is 50.5 Å². The van der Waals surface area contributed by atoms with Crippen molar-refractivity contribution >= 4 is 17.5 Å². The number of aromatic nitrogens is 2. The van der Waals surface area contributed by atoms with Crippen LogP contribution in [-0.2, 0) is 11.3 Å². The molecule has 0 unspecified atom stereocenters. The second-order valence-corrected chi connectivity index (χ2v) is 7.05. The Labute approximate surface area is 166 Å². The third kappa shape index (κ3) is 4.41. The number of hydrogen-bond donors (Lipinski definition) is 1. The second-order valence-electron chi connectivity index (χ2n) is 7.05. The SMILES string of the molecule is Cc1nn(CC(=O)NC2CCN(C(=O)c3ccccc3F)CC2)c(C)c1[N+](=O)[O-]. The first-order valence-corrected chi connectivity index (χ1v) is 9.29. The summed E-state index contributed by atoms with van der Waals surface area (Å²) >= 11 is 0. The second kappa shape index (κ2) is 8.38. The first-order chi connectivity index (χ1) is 13.8. The number of benzene rings is 1. The molecule has 2 heterocycles. The fourth-order valence-electron chi connectivity index (χ4n) is 3.55. The minimum Gasteiger partial charge on any atom is -0.352 e. The largest absolute Gasteiger partial charge is 0.352 e. The van der Waals surface area contributed by atoms with E-state index in [0.29, 0.717) is 31.6 Å². The van der Waals surface area contributed by atoms with Gasteiger partial charge in [0.25, 0.3) is 5.91 Å². The maximum atomic E-state index is 13.8. The summed E-state index contributed by atoms with van der Waals surface area (Å²) in [6.45, 7) is 3.78. The van der Waals surface area contributed by atoms with Gasteiger partial charge in [0.15, 0.2) is 0 Å². The van der Waals surface area contributed by atoms with Crippen molar-refractivity contribution in [2.24, 2.45) is 0 Å². The number of rotatable bonds is 5. The number of carbonyl (C=O) groups is 2. The van der Waals surface area contributed by atoms with Gasteiger partial charge in [-0.3, -0.25) is 24.4 Å². The standard InChI is InChI=1S/C19H22FN5O4/c1-12-18(25(28)29)13(2)24(22-12)11-17(26)21-14-7-9-23(10-8-14)19(27)15-5-3-4-6-16(15)20/h3-6,14H,7-11H2,1-2H3,(H,21,26). The van der Waals surface area contributed by atoms with Crippen LogP contribution in [0.15, 0.2) is 24.3 Å². The highest BCUT2D eigenvalue weighted by Crippen LogP contribution is 2.21. The summed E-state index contributed by atoms with van der Waals surface area (Å²) in [6.07, 6.45) is 1.09. The molecule has 0 spiro atoms. The van der Waals surface area contributed by atoms with Crippen molar-refractivity contribution in [2.45, 2.75) is 39.3 Å². The van der Waals surface area contributed by atoms with Crippen LogP contribution in [0.2, 0.25) is 0 Å². The lowest BCUT2D eigenvalue weighted by molar-refractivity contribution is -0.386. The molecule has 1 aromatic heterocycles. The molecule has 10 heteroatoms. The van der Waals surface area contributed by atoms with Gasteiger partial charge in [-0.1, -0.05) is 12.1 Å². The van der Waals surface area contributed by atoms with E-state index in [0.717, 1.165) is 0 Å². The molecule has 2 aromatic rings. The molecule has 1 aromatic carbocycles. The molecule has 3 rings (SSSR count). The summed E-state index contributed by atoms with van der Waals surface area (Å²) in [7, 11) is 0. The van der Waals surface area contributed by atoms with Gasteiger partial charge in [0, 0.05) is 19.1 Å². The number of nitrogens with zero attached hydrogens (tertiary/aromatic N) is 4. The normalized spacial score (nSPS) is 14.7. The lowest BCUT2D eigenvalue weighted by Crippen LogP contribution is -2.47. The molecule has 0 atom stereocenters. The summed E-state index contributed by atoms with van der Waals surface area (Å²) in [4.78, 5) is 36.9. The number of amides is 2. The lowest BCUT2D eigenvalue weighted by atomic mass is 10.0. The van der Waals surface area contributed by atoms with E-state index in [1.165, 1.54) is 29.8 Å². The van der Waals surface area contributed by atoms with E-state index in [2.05, 4.69) is 10.4 Å². The predicted octanol–water partition coefficient (Wildman–Crippen LogP) is 1.97. The Morgan fingerprint density at radius 1 is 1.28 bits per heavy atom. The van der Waals surface area contributed by atoms with E-state index in [4.69, 9.17) is 0 Å². The first-order valence-electron chi connectivity index (χ1n) is 9.29. The van der Waals surface area contributed by atoms with Gasteiger partial charge in [0.2, 0.25) is 5.91 Å². The van der Waals surface area contributed by atoms with Crippen molar-refractivity contribution in [3.8, 4) is 0 Å². The monoisotopic (exact) mass is 403 g/mol. The third-order valence-electron chi connectivity index (χ3n) is 5.07. The van der Waals surface area contributed by atoms with Gasteiger partial charge >= 0.3 is 5.69 Å². The fourth-order valence-corrected chi connectivity index (χ4v) is 3.55. The van der Waals surface area contributed by atoms with Crippen LogP contribution in [0.4, 0.5) is 10.1 Å².